The Labute approximate surface area is 170 Å². The Hall–Kier alpha value is -3.46. The standard InChI is InChI=1S/C20H17N5O3S/c1-13(19-21-14(2)23-28-19)29-20-22-18(12-24(20)16-8-4-3-5-9-16)15-7-6-10-17(11-15)25(26)27/h3-13H,1-2H3/t13-/m0/s1. The zero-order valence-electron chi connectivity index (χ0n) is 15.7. The molecule has 0 spiro atoms. The van der Waals surface area contributed by atoms with Gasteiger partial charge >= 0.3 is 0 Å². The molecule has 0 saturated carbocycles. The Balaban J connectivity index is 1.75. The van der Waals surface area contributed by atoms with Gasteiger partial charge in [-0.05, 0) is 26.0 Å². The summed E-state index contributed by atoms with van der Waals surface area (Å²) in [6.45, 7) is 3.74. The number of rotatable bonds is 6. The first-order chi connectivity index (χ1) is 14.0. The van der Waals surface area contributed by atoms with Crippen molar-refractivity contribution in [1.82, 2.24) is 19.7 Å². The molecular weight excluding hydrogens is 390 g/mol. The summed E-state index contributed by atoms with van der Waals surface area (Å²) >= 11 is 1.48. The number of aryl methyl sites for hydroxylation is 1. The minimum Gasteiger partial charge on any atom is -0.338 e. The van der Waals surface area contributed by atoms with Gasteiger partial charge in [0.25, 0.3) is 5.69 Å². The number of para-hydroxylation sites is 1. The lowest BCUT2D eigenvalue weighted by atomic mass is 10.1. The maximum Gasteiger partial charge on any atom is 0.270 e. The van der Waals surface area contributed by atoms with Crippen LogP contribution in [0, 0.1) is 17.0 Å². The van der Waals surface area contributed by atoms with Crippen molar-refractivity contribution in [1.29, 1.82) is 0 Å². The second-order valence-corrected chi connectivity index (χ2v) is 7.67. The highest BCUT2D eigenvalue weighted by Gasteiger charge is 2.20. The number of non-ortho nitro benzene ring substituents is 1. The predicted octanol–water partition coefficient (Wildman–Crippen LogP) is 4.99. The topological polar surface area (TPSA) is 99.9 Å². The molecule has 4 rings (SSSR count). The van der Waals surface area contributed by atoms with Gasteiger partial charge in [-0.2, -0.15) is 4.98 Å². The average molecular weight is 407 g/mol. The Kier molecular flexibility index (Phi) is 5.13. The minimum absolute atomic E-state index is 0.0284. The molecule has 1 atom stereocenters. The molecule has 0 aliphatic heterocycles. The summed E-state index contributed by atoms with van der Waals surface area (Å²) in [4.78, 5) is 19.8. The molecule has 0 N–H and O–H groups in total. The highest BCUT2D eigenvalue weighted by molar-refractivity contribution is 7.99. The third kappa shape index (κ3) is 4.04. The highest BCUT2D eigenvalue weighted by Crippen LogP contribution is 2.36. The summed E-state index contributed by atoms with van der Waals surface area (Å²) < 4.78 is 7.24. The molecule has 0 amide bonds. The Morgan fingerprint density at radius 3 is 2.62 bits per heavy atom. The fourth-order valence-electron chi connectivity index (χ4n) is 2.82. The molecule has 2 aromatic heterocycles. The van der Waals surface area contributed by atoms with Gasteiger partial charge < -0.3 is 4.52 Å². The fourth-order valence-corrected chi connectivity index (χ4v) is 3.76. The van der Waals surface area contributed by atoms with E-state index in [-0.39, 0.29) is 10.9 Å². The number of hydrogen-bond donors (Lipinski definition) is 0. The quantitative estimate of drug-likeness (QED) is 0.252. The van der Waals surface area contributed by atoms with Crippen LogP contribution in [0.15, 0.2) is 70.5 Å². The smallest absolute Gasteiger partial charge is 0.270 e. The highest BCUT2D eigenvalue weighted by atomic mass is 32.2. The zero-order chi connectivity index (χ0) is 20.4. The van der Waals surface area contributed by atoms with E-state index >= 15 is 0 Å². The molecule has 0 bridgehead atoms. The van der Waals surface area contributed by atoms with Crippen molar-refractivity contribution in [2.45, 2.75) is 24.3 Å². The van der Waals surface area contributed by atoms with Crippen LogP contribution < -0.4 is 0 Å². The van der Waals surface area contributed by atoms with Crippen LogP contribution in [0.25, 0.3) is 16.9 Å². The predicted molar refractivity (Wildman–Crippen MR) is 109 cm³/mol. The van der Waals surface area contributed by atoms with Gasteiger partial charge in [-0.25, -0.2) is 4.98 Å². The van der Waals surface area contributed by atoms with E-state index in [1.54, 1.807) is 13.0 Å². The molecule has 0 unspecified atom stereocenters. The first kappa shape index (κ1) is 18.9. The molecule has 29 heavy (non-hydrogen) atoms. The molecule has 0 aliphatic carbocycles. The number of thioether (sulfide) groups is 1. The molecule has 2 aromatic carbocycles. The monoisotopic (exact) mass is 407 g/mol. The Morgan fingerprint density at radius 1 is 1.14 bits per heavy atom. The zero-order valence-corrected chi connectivity index (χ0v) is 16.5. The Bertz CT molecular complexity index is 1160. The number of hydrogen-bond acceptors (Lipinski definition) is 7. The van der Waals surface area contributed by atoms with E-state index in [1.165, 1.54) is 23.9 Å². The molecule has 4 aromatic rings. The third-order valence-corrected chi connectivity index (χ3v) is 5.29. The lowest BCUT2D eigenvalue weighted by Gasteiger charge is -2.09. The van der Waals surface area contributed by atoms with Gasteiger partial charge in [0.1, 0.15) is 0 Å². The second-order valence-electron chi connectivity index (χ2n) is 6.36. The van der Waals surface area contributed by atoms with Crippen LogP contribution in [0.3, 0.4) is 0 Å². The molecule has 0 radical (unpaired) electrons. The summed E-state index contributed by atoms with van der Waals surface area (Å²) in [5.74, 6) is 1.10. The van der Waals surface area contributed by atoms with Crippen LogP contribution >= 0.6 is 11.8 Å². The van der Waals surface area contributed by atoms with Gasteiger partial charge in [0.15, 0.2) is 11.0 Å². The summed E-state index contributed by atoms with van der Waals surface area (Å²) in [7, 11) is 0. The number of imidazole rings is 1. The van der Waals surface area contributed by atoms with Crippen LogP contribution in [-0.4, -0.2) is 24.6 Å². The number of aromatic nitrogens is 4. The third-order valence-electron chi connectivity index (χ3n) is 4.23. The van der Waals surface area contributed by atoms with E-state index in [0.29, 0.717) is 23.0 Å². The summed E-state index contributed by atoms with van der Waals surface area (Å²) in [6.07, 6.45) is 1.88. The summed E-state index contributed by atoms with van der Waals surface area (Å²) in [6, 6.07) is 16.2. The van der Waals surface area contributed by atoms with Gasteiger partial charge in [0.2, 0.25) is 5.89 Å². The molecule has 8 nitrogen and oxygen atoms in total. The Morgan fingerprint density at radius 2 is 1.93 bits per heavy atom. The maximum absolute atomic E-state index is 11.1. The summed E-state index contributed by atoms with van der Waals surface area (Å²) in [5, 5.41) is 15.6. The van der Waals surface area contributed by atoms with Crippen LogP contribution in [-0.2, 0) is 0 Å². The molecule has 0 aliphatic rings. The minimum atomic E-state index is -0.409. The second kappa shape index (κ2) is 7.88. The van der Waals surface area contributed by atoms with Gasteiger partial charge in [-0.15, -0.1) is 0 Å². The van der Waals surface area contributed by atoms with Crippen LogP contribution in [0.2, 0.25) is 0 Å². The van der Waals surface area contributed by atoms with E-state index in [1.807, 2.05) is 54.1 Å². The number of nitro benzene ring substituents is 1. The lowest BCUT2D eigenvalue weighted by molar-refractivity contribution is -0.384. The van der Waals surface area contributed by atoms with Crippen molar-refractivity contribution >= 4 is 17.4 Å². The largest absolute Gasteiger partial charge is 0.338 e. The van der Waals surface area contributed by atoms with Gasteiger partial charge in [-0.3, -0.25) is 14.7 Å². The van der Waals surface area contributed by atoms with Crippen molar-refractivity contribution in [3.05, 3.63) is 82.6 Å². The average Bonchev–Trinajstić information content (AvgIpc) is 3.35. The molecule has 146 valence electrons. The fraction of sp³-hybridized carbons (Fsp3) is 0.150. The first-order valence-corrected chi connectivity index (χ1v) is 9.76. The van der Waals surface area contributed by atoms with Crippen molar-refractivity contribution in [2.75, 3.05) is 0 Å². The van der Waals surface area contributed by atoms with E-state index in [0.717, 1.165) is 10.8 Å². The van der Waals surface area contributed by atoms with Crippen molar-refractivity contribution in [2.24, 2.45) is 0 Å². The van der Waals surface area contributed by atoms with Crippen molar-refractivity contribution in [3.8, 4) is 16.9 Å². The molecule has 0 saturated heterocycles. The maximum atomic E-state index is 11.1. The lowest BCUT2D eigenvalue weighted by Crippen LogP contribution is -1.97. The normalized spacial score (nSPS) is 12.1. The van der Waals surface area contributed by atoms with Crippen molar-refractivity contribution < 1.29 is 9.45 Å². The van der Waals surface area contributed by atoms with Gasteiger partial charge in [0, 0.05) is 29.6 Å². The SMILES string of the molecule is Cc1noc([C@H](C)Sc2nc(-c3cccc([N+](=O)[O-])c3)cn2-c2ccccc2)n1. The van der Waals surface area contributed by atoms with E-state index in [9.17, 15) is 10.1 Å². The van der Waals surface area contributed by atoms with Crippen LogP contribution in [0.1, 0.15) is 23.9 Å². The van der Waals surface area contributed by atoms with E-state index in [4.69, 9.17) is 9.51 Å². The molecule has 0 fully saturated rings. The van der Waals surface area contributed by atoms with Gasteiger partial charge in [0.05, 0.1) is 15.9 Å². The van der Waals surface area contributed by atoms with E-state index < -0.39 is 4.92 Å². The van der Waals surface area contributed by atoms with E-state index in [2.05, 4.69) is 10.1 Å². The van der Waals surface area contributed by atoms with Crippen LogP contribution in [0.4, 0.5) is 5.69 Å². The number of nitro groups is 1. The van der Waals surface area contributed by atoms with Crippen molar-refractivity contribution in [3.63, 3.8) is 0 Å². The van der Waals surface area contributed by atoms with Crippen LogP contribution in [0.5, 0.6) is 0 Å². The number of nitrogens with zero attached hydrogens (tertiary/aromatic N) is 5. The first-order valence-electron chi connectivity index (χ1n) is 8.88. The molecule has 9 heteroatoms. The summed E-state index contributed by atoms with van der Waals surface area (Å²) in [5.41, 5.74) is 2.29. The molecule has 2 heterocycles. The molecular formula is C20H17N5O3S. The number of benzene rings is 2. The van der Waals surface area contributed by atoms with Gasteiger partial charge in [-0.1, -0.05) is 47.3 Å².